The predicted molar refractivity (Wildman–Crippen MR) is 121 cm³/mol. The number of benzene rings is 3. The maximum absolute atomic E-state index is 13.2. The average molecular weight is 507 g/mol. The van der Waals surface area contributed by atoms with E-state index in [-0.39, 0.29) is 12.4 Å². The molecule has 3 rings (SSSR count). The van der Waals surface area contributed by atoms with Gasteiger partial charge in [-0.15, -0.1) is 0 Å². The number of halogens is 4. The molecule has 0 heterocycles. The molecule has 3 nitrogen and oxygen atoms in total. The first-order valence-corrected chi connectivity index (χ1v) is 10.3. The van der Waals surface area contributed by atoms with Gasteiger partial charge in [0.1, 0.15) is 12.4 Å². The van der Waals surface area contributed by atoms with Crippen molar-refractivity contribution in [2.24, 2.45) is 0 Å². The molecule has 0 N–H and O–H groups in total. The lowest BCUT2D eigenvalue weighted by Crippen LogP contribution is -1.99. The number of nitriles is 1. The summed E-state index contributed by atoms with van der Waals surface area (Å²) in [4.78, 5) is 0. The van der Waals surface area contributed by atoms with Crippen LogP contribution in [0.15, 0.2) is 59.1 Å². The molecule has 0 aliphatic carbocycles. The highest BCUT2D eigenvalue weighted by Gasteiger charge is 2.12. The largest absolute Gasteiger partial charge is 0.493 e. The van der Waals surface area contributed by atoms with Gasteiger partial charge in [0.25, 0.3) is 0 Å². The summed E-state index contributed by atoms with van der Waals surface area (Å²) in [5, 5.41) is 10.6. The van der Waals surface area contributed by atoms with Gasteiger partial charge in [-0.25, -0.2) is 4.39 Å². The molecule has 0 aromatic heterocycles. The Balaban J connectivity index is 1.89. The Morgan fingerprint density at radius 1 is 1.10 bits per heavy atom. The van der Waals surface area contributed by atoms with Crippen molar-refractivity contribution < 1.29 is 13.9 Å². The number of hydrogen-bond donors (Lipinski definition) is 0. The quantitative estimate of drug-likeness (QED) is 0.256. The van der Waals surface area contributed by atoms with Gasteiger partial charge >= 0.3 is 0 Å². The number of allylic oxidation sites excluding steroid dienone is 1. The first kappa shape index (κ1) is 22.2. The van der Waals surface area contributed by atoms with Crippen molar-refractivity contribution in [3.8, 4) is 17.6 Å². The zero-order chi connectivity index (χ0) is 21.7. The standard InChI is InChI=1S/C23H15BrCl2FNO2/c1-29-22-9-16(8-17(12-28)14-3-6-19(27)7-4-14)20(24)11-23(22)30-13-15-2-5-18(25)10-21(15)26/h2-11H,13H2,1H3/b17-8+. The third-order valence-corrected chi connectivity index (χ3v) is 5.53. The molecule has 0 fully saturated rings. The third kappa shape index (κ3) is 5.34. The van der Waals surface area contributed by atoms with Crippen LogP contribution in [0.5, 0.6) is 11.5 Å². The second-order valence-corrected chi connectivity index (χ2v) is 7.92. The number of methoxy groups -OCH3 is 1. The second kappa shape index (κ2) is 9.99. The fourth-order valence-electron chi connectivity index (χ4n) is 2.69. The molecular weight excluding hydrogens is 492 g/mol. The summed E-state index contributed by atoms with van der Waals surface area (Å²) in [5.41, 5.74) is 2.50. The molecule has 0 aliphatic rings. The molecular formula is C23H15BrCl2FNO2. The monoisotopic (exact) mass is 505 g/mol. The average Bonchev–Trinajstić information content (AvgIpc) is 2.73. The molecule has 0 saturated heterocycles. The fourth-order valence-corrected chi connectivity index (χ4v) is 3.59. The van der Waals surface area contributed by atoms with E-state index in [2.05, 4.69) is 22.0 Å². The van der Waals surface area contributed by atoms with E-state index >= 15 is 0 Å². The molecule has 0 atom stereocenters. The SMILES string of the molecule is COc1cc(/C=C(\C#N)c2ccc(F)cc2)c(Br)cc1OCc1ccc(Cl)cc1Cl. The van der Waals surface area contributed by atoms with Crippen LogP contribution >= 0.6 is 39.1 Å². The number of ether oxygens (including phenoxy) is 2. The second-order valence-electron chi connectivity index (χ2n) is 6.23. The Morgan fingerprint density at radius 3 is 2.47 bits per heavy atom. The van der Waals surface area contributed by atoms with Gasteiger partial charge in [-0.2, -0.15) is 5.26 Å². The van der Waals surface area contributed by atoms with Crippen molar-refractivity contribution >= 4 is 50.8 Å². The van der Waals surface area contributed by atoms with E-state index < -0.39 is 0 Å². The third-order valence-electron chi connectivity index (χ3n) is 4.26. The summed E-state index contributed by atoms with van der Waals surface area (Å²) in [7, 11) is 1.53. The minimum absolute atomic E-state index is 0.229. The smallest absolute Gasteiger partial charge is 0.162 e. The van der Waals surface area contributed by atoms with Gasteiger partial charge in [-0.1, -0.05) is 57.3 Å². The maximum Gasteiger partial charge on any atom is 0.162 e. The van der Waals surface area contributed by atoms with Crippen LogP contribution in [0.4, 0.5) is 4.39 Å². The van der Waals surface area contributed by atoms with Crippen molar-refractivity contribution in [3.05, 3.63) is 91.6 Å². The van der Waals surface area contributed by atoms with Crippen LogP contribution in [0.3, 0.4) is 0 Å². The molecule has 3 aromatic rings. The zero-order valence-electron chi connectivity index (χ0n) is 15.8. The van der Waals surface area contributed by atoms with Crippen molar-refractivity contribution in [3.63, 3.8) is 0 Å². The summed E-state index contributed by atoms with van der Waals surface area (Å²) in [6.45, 7) is 0.229. The molecule has 30 heavy (non-hydrogen) atoms. The van der Waals surface area contributed by atoms with E-state index in [0.29, 0.717) is 42.7 Å². The minimum Gasteiger partial charge on any atom is -0.493 e. The molecule has 0 amide bonds. The number of nitrogens with zero attached hydrogens (tertiary/aromatic N) is 1. The van der Waals surface area contributed by atoms with Gasteiger partial charge < -0.3 is 9.47 Å². The molecule has 7 heteroatoms. The topological polar surface area (TPSA) is 42.2 Å². The van der Waals surface area contributed by atoms with Crippen LogP contribution < -0.4 is 9.47 Å². The van der Waals surface area contributed by atoms with Gasteiger partial charge in [0.2, 0.25) is 0 Å². The van der Waals surface area contributed by atoms with E-state index in [4.69, 9.17) is 32.7 Å². The molecule has 0 spiro atoms. The summed E-state index contributed by atoms with van der Waals surface area (Å²) in [5.74, 6) is 0.639. The van der Waals surface area contributed by atoms with Gasteiger partial charge in [0.15, 0.2) is 11.5 Å². The van der Waals surface area contributed by atoms with Crippen LogP contribution in [-0.4, -0.2) is 7.11 Å². The van der Waals surface area contributed by atoms with Gasteiger partial charge in [0, 0.05) is 20.1 Å². The first-order chi connectivity index (χ1) is 14.4. The van der Waals surface area contributed by atoms with Crippen LogP contribution in [0.1, 0.15) is 16.7 Å². The van der Waals surface area contributed by atoms with Crippen molar-refractivity contribution in [1.82, 2.24) is 0 Å². The summed E-state index contributed by atoms with van der Waals surface area (Å²) < 4.78 is 25.2. The lowest BCUT2D eigenvalue weighted by molar-refractivity contribution is 0.284. The summed E-state index contributed by atoms with van der Waals surface area (Å²) in [6, 6.07) is 16.6. The molecule has 152 valence electrons. The summed E-state index contributed by atoms with van der Waals surface area (Å²) >= 11 is 15.6. The predicted octanol–water partition coefficient (Wildman–Crippen LogP) is 7.55. The molecule has 0 saturated carbocycles. The lowest BCUT2D eigenvalue weighted by atomic mass is 10.0. The zero-order valence-corrected chi connectivity index (χ0v) is 18.9. The van der Waals surface area contributed by atoms with Gasteiger partial charge in [-0.3, -0.25) is 0 Å². The summed E-state index contributed by atoms with van der Waals surface area (Å²) in [6.07, 6.45) is 1.69. The van der Waals surface area contributed by atoms with Crippen LogP contribution in [0.2, 0.25) is 10.0 Å². The van der Waals surface area contributed by atoms with E-state index in [1.165, 1.54) is 19.2 Å². The van der Waals surface area contributed by atoms with E-state index in [9.17, 15) is 9.65 Å². The normalized spacial score (nSPS) is 11.1. The van der Waals surface area contributed by atoms with Crippen molar-refractivity contribution in [1.29, 1.82) is 5.26 Å². The maximum atomic E-state index is 13.2. The van der Waals surface area contributed by atoms with Gasteiger partial charge in [0.05, 0.1) is 18.8 Å². The van der Waals surface area contributed by atoms with E-state index in [1.54, 1.807) is 48.5 Å². The van der Waals surface area contributed by atoms with Crippen LogP contribution in [-0.2, 0) is 6.61 Å². The molecule has 0 radical (unpaired) electrons. The Kier molecular flexibility index (Phi) is 7.38. The highest BCUT2D eigenvalue weighted by Crippen LogP contribution is 2.36. The highest BCUT2D eigenvalue weighted by molar-refractivity contribution is 9.10. The fraction of sp³-hybridized carbons (Fsp3) is 0.0870. The lowest BCUT2D eigenvalue weighted by Gasteiger charge is -2.14. The van der Waals surface area contributed by atoms with Gasteiger partial charge in [-0.05, 0) is 53.6 Å². The Labute approximate surface area is 192 Å². The minimum atomic E-state index is -0.360. The van der Waals surface area contributed by atoms with E-state index in [0.717, 1.165) is 5.56 Å². The first-order valence-electron chi connectivity index (χ1n) is 8.73. The molecule has 0 bridgehead atoms. The Hall–Kier alpha value is -2.52. The molecule has 0 aliphatic heterocycles. The number of rotatable bonds is 6. The molecule has 3 aromatic carbocycles. The van der Waals surface area contributed by atoms with Crippen molar-refractivity contribution in [2.75, 3.05) is 7.11 Å². The van der Waals surface area contributed by atoms with Crippen LogP contribution in [0, 0.1) is 17.1 Å². The Morgan fingerprint density at radius 2 is 1.83 bits per heavy atom. The highest BCUT2D eigenvalue weighted by atomic mass is 79.9. The van der Waals surface area contributed by atoms with Crippen LogP contribution in [0.25, 0.3) is 11.6 Å². The van der Waals surface area contributed by atoms with Crippen molar-refractivity contribution in [2.45, 2.75) is 6.61 Å². The van der Waals surface area contributed by atoms with E-state index in [1.807, 2.05) is 0 Å². The molecule has 0 unspecified atom stereocenters. The Bertz CT molecular complexity index is 1140. The number of hydrogen-bond acceptors (Lipinski definition) is 3.